The third-order valence-corrected chi connectivity index (χ3v) is 3.48. The summed E-state index contributed by atoms with van der Waals surface area (Å²) in [5.74, 6) is -0.213. The van der Waals surface area contributed by atoms with Gasteiger partial charge in [-0.25, -0.2) is 0 Å². The largest absolute Gasteiger partial charge is 0.368 e. The normalized spacial score (nSPS) is 24.7. The van der Waals surface area contributed by atoms with Gasteiger partial charge in [0, 0.05) is 19.1 Å². The van der Waals surface area contributed by atoms with Gasteiger partial charge in [0.2, 0.25) is 5.91 Å². The first-order valence-electron chi connectivity index (χ1n) is 5.87. The van der Waals surface area contributed by atoms with Crippen LogP contribution in [0.4, 0.5) is 0 Å². The van der Waals surface area contributed by atoms with Crippen molar-refractivity contribution in [2.45, 2.75) is 39.3 Å². The van der Waals surface area contributed by atoms with Crippen molar-refractivity contribution in [1.29, 1.82) is 0 Å². The van der Waals surface area contributed by atoms with Crippen molar-refractivity contribution in [3.63, 3.8) is 0 Å². The molecule has 1 saturated heterocycles. The minimum Gasteiger partial charge on any atom is -0.368 e. The van der Waals surface area contributed by atoms with Gasteiger partial charge in [-0.3, -0.25) is 14.6 Å². The molecule has 1 aliphatic rings. The predicted molar refractivity (Wildman–Crippen MR) is 61.6 cm³/mol. The highest BCUT2D eigenvalue weighted by atomic mass is 16.1. The van der Waals surface area contributed by atoms with Crippen LogP contribution in [0.5, 0.6) is 0 Å². The van der Waals surface area contributed by atoms with E-state index in [0.29, 0.717) is 6.04 Å². The fourth-order valence-electron chi connectivity index (χ4n) is 2.34. The van der Waals surface area contributed by atoms with Gasteiger partial charge in [0.25, 0.3) is 0 Å². The summed E-state index contributed by atoms with van der Waals surface area (Å²) in [6, 6.07) is 0.479. The topological polar surface area (TPSA) is 49.6 Å². The molecule has 4 nitrogen and oxygen atoms in total. The lowest BCUT2D eigenvalue weighted by Gasteiger charge is -2.27. The number of carbonyl (C=O) groups excluding carboxylic acids is 1. The summed E-state index contributed by atoms with van der Waals surface area (Å²) >= 11 is 0. The summed E-state index contributed by atoms with van der Waals surface area (Å²) in [5, 5.41) is 0. The third-order valence-electron chi connectivity index (χ3n) is 3.48. The first kappa shape index (κ1) is 12.5. The van der Waals surface area contributed by atoms with Crippen LogP contribution >= 0.6 is 0 Å². The van der Waals surface area contributed by atoms with Crippen LogP contribution in [0.25, 0.3) is 0 Å². The Balaban J connectivity index is 2.48. The Bertz CT molecular complexity index is 216. The molecule has 0 bridgehead atoms. The number of hydrogen-bond acceptors (Lipinski definition) is 3. The Labute approximate surface area is 92.4 Å². The van der Waals surface area contributed by atoms with E-state index < -0.39 is 0 Å². The van der Waals surface area contributed by atoms with Gasteiger partial charge in [-0.1, -0.05) is 13.8 Å². The summed E-state index contributed by atoms with van der Waals surface area (Å²) in [7, 11) is 0. The predicted octanol–water partition coefficient (Wildman–Crippen LogP) is 0.276. The van der Waals surface area contributed by atoms with Crippen molar-refractivity contribution < 1.29 is 4.79 Å². The van der Waals surface area contributed by atoms with E-state index in [2.05, 4.69) is 23.6 Å². The van der Waals surface area contributed by atoms with Crippen molar-refractivity contribution in [2.75, 3.05) is 26.2 Å². The number of carbonyl (C=O) groups is 1. The van der Waals surface area contributed by atoms with Crippen molar-refractivity contribution >= 4 is 5.91 Å². The van der Waals surface area contributed by atoms with Gasteiger partial charge in [-0.15, -0.1) is 0 Å². The van der Waals surface area contributed by atoms with Crippen molar-refractivity contribution in [3.8, 4) is 0 Å². The average Bonchev–Trinajstić information content (AvgIpc) is 2.67. The van der Waals surface area contributed by atoms with E-state index in [9.17, 15) is 4.79 Å². The zero-order valence-corrected chi connectivity index (χ0v) is 10.1. The first-order chi connectivity index (χ1) is 7.10. The van der Waals surface area contributed by atoms with Gasteiger partial charge in [-0.05, 0) is 26.4 Å². The standard InChI is InChI=1S/C11H23N3O/c1-4-13(5-2)10-6-7-14(8-10)9(3)11(12)15/h9-10H,4-8H2,1-3H3,(H2,12,15). The zero-order chi connectivity index (χ0) is 11.4. The van der Waals surface area contributed by atoms with E-state index in [1.807, 2.05) is 6.92 Å². The fraction of sp³-hybridized carbons (Fsp3) is 0.909. The number of rotatable bonds is 5. The lowest BCUT2D eigenvalue weighted by Crippen LogP contribution is -2.44. The van der Waals surface area contributed by atoms with Gasteiger partial charge >= 0.3 is 0 Å². The highest BCUT2D eigenvalue weighted by Gasteiger charge is 2.30. The molecule has 1 aliphatic heterocycles. The van der Waals surface area contributed by atoms with Crippen LogP contribution in [0.2, 0.25) is 0 Å². The lowest BCUT2D eigenvalue weighted by atomic mass is 10.2. The van der Waals surface area contributed by atoms with E-state index >= 15 is 0 Å². The summed E-state index contributed by atoms with van der Waals surface area (Å²) < 4.78 is 0. The van der Waals surface area contributed by atoms with Gasteiger partial charge in [0.15, 0.2) is 0 Å². The van der Waals surface area contributed by atoms with E-state index in [-0.39, 0.29) is 11.9 Å². The number of hydrogen-bond donors (Lipinski definition) is 1. The highest BCUT2D eigenvalue weighted by molar-refractivity contribution is 5.79. The Morgan fingerprint density at radius 3 is 2.60 bits per heavy atom. The second-order valence-corrected chi connectivity index (χ2v) is 4.24. The third kappa shape index (κ3) is 2.92. The van der Waals surface area contributed by atoms with E-state index in [1.165, 1.54) is 0 Å². The highest BCUT2D eigenvalue weighted by Crippen LogP contribution is 2.17. The molecule has 1 amide bonds. The number of likely N-dealkylation sites (tertiary alicyclic amines) is 1. The molecule has 1 rings (SSSR count). The Morgan fingerprint density at radius 1 is 1.53 bits per heavy atom. The molecule has 0 aromatic rings. The summed E-state index contributed by atoms with van der Waals surface area (Å²) in [6.07, 6.45) is 1.15. The molecule has 0 radical (unpaired) electrons. The van der Waals surface area contributed by atoms with Crippen LogP contribution in [0.15, 0.2) is 0 Å². The molecule has 2 atom stereocenters. The van der Waals surface area contributed by atoms with E-state index in [0.717, 1.165) is 32.6 Å². The van der Waals surface area contributed by atoms with Crippen LogP contribution < -0.4 is 5.73 Å². The van der Waals surface area contributed by atoms with E-state index in [1.54, 1.807) is 0 Å². The molecule has 0 saturated carbocycles. The van der Waals surface area contributed by atoms with Crippen LogP contribution in [-0.2, 0) is 4.79 Å². The molecular formula is C11H23N3O. The quantitative estimate of drug-likeness (QED) is 0.713. The molecule has 0 aromatic heterocycles. The van der Waals surface area contributed by atoms with Crippen LogP contribution in [-0.4, -0.2) is 54.0 Å². The van der Waals surface area contributed by atoms with Crippen LogP contribution in [0.3, 0.4) is 0 Å². The Hall–Kier alpha value is -0.610. The van der Waals surface area contributed by atoms with Gasteiger partial charge in [0.1, 0.15) is 0 Å². The van der Waals surface area contributed by atoms with Gasteiger partial charge in [0.05, 0.1) is 6.04 Å². The molecule has 0 aromatic carbocycles. The molecule has 4 heteroatoms. The molecular weight excluding hydrogens is 190 g/mol. The summed E-state index contributed by atoms with van der Waals surface area (Å²) in [4.78, 5) is 15.7. The minimum atomic E-state index is -0.213. The summed E-state index contributed by atoms with van der Waals surface area (Å²) in [6.45, 7) is 10.4. The number of nitrogens with zero attached hydrogens (tertiary/aromatic N) is 2. The second kappa shape index (κ2) is 5.47. The second-order valence-electron chi connectivity index (χ2n) is 4.24. The zero-order valence-electron chi connectivity index (χ0n) is 10.1. The maximum absolute atomic E-state index is 11.1. The van der Waals surface area contributed by atoms with Crippen molar-refractivity contribution in [2.24, 2.45) is 5.73 Å². The SMILES string of the molecule is CCN(CC)C1CCN(C(C)C(N)=O)C1. The number of nitrogens with two attached hydrogens (primary N) is 1. The van der Waals surface area contributed by atoms with Crippen LogP contribution in [0.1, 0.15) is 27.2 Å². The fourth-order valence-corrected chi connectivity index (χ4v) is 2.34. The maximum Gasteiger partial charge on any atom is 0.234 e. The molecule has 0 spiro atoms. The minimum absolute atomic E-state index is 0.120. The molecule has 88 valence electrons. The Kier molecular flexibility index (Phi) is 4.54. The summed E-state index contributed by atoms with van der Waals surface area (Å²) in [5.41, 5.74) is 5.31. The lowest BCUT2D eigenvalue weighted by molar-refractivity contribution is -0.122. The first-order valence-corrected chi connectivity index (χ1v) is 5.87. The molecule has 2 unspecified atom stereocenters. The number of amides is 1. The molecule has 2 N–H and O–H groups in total. The molecule has 15 heavy (non-hydrogen) atoms. The van der Waals surface area contributed by atoms with Gasteiger partial charge in [-0.2, -0.15) is 0 Å². The molecule has 1 fully saturated rings. The Morgan fingerprint density at radius 2 is 2.13 bits per heavy atom. The van der Waals surface area contributed by atoms with E-state index in [4.69, 9.17) is 5.73 Å². The van der Waals surface area contributed by atoms with Crippen molar-refractivity contribution in [1.82, 2.24) is 9.80 Å². The molecule has 0 aliphatic carbocycles. The smallest absolute Gasteiger partial charge is 0.234 e. The number of likely N-dealkylation sites (N-methyl/N-ethyl adjacent to an activating group) is 1. The van der Waals surface area contributed by atoms with Gasteiger partial charge < -0.3 is 5.73 Å². The number of primary amides is 1. The maximum atomic E-state index is 11.1. The van der Waals surface area contributed by atoms with Crippen molar-refractivity contribution in [3.05, 3.63) is 0 Å². The average molecular weight is 213 g/mol. The van der Waals surface area contributed by atoms with Crippen LogP contribution in [0, 0.1) is 0 Å². The molecule has 1 heterocycles. The monoisotopic (exact) mass is 213 g/mol.